The van der Waals surface area contributed by atoms with Gasteiger partial charge < -0.3 is 9.84 Å². The van der Waals surface area contributed by atoms with Crippen molar-refractivity contribution in [3.8, 4) is 0 Å². The minimum absolute atomic E-state index is 0.253. The van der Waals surface area contributed by atoms with Gasteiger partial charge in [-0.1, -0.05) is 6.07 Å². The lowest BCUT2D eigenvalue weighted by Gasteiger charge is -2.04. The number of rotatable bonds is 3. The molecule has 2 nitrogen and oxygen atoms in total. The molecule has 1 atom stereocenters. The van der Waals surface area contributed by atoms with Crippen molar-refractivity contribution in [2.75, 3.05) is 13.7 Å². The van der Waals surface area contributed by atoms with Crippen LogP contribution in [0.4, 0.5) is 4.39 Å². The molecule has 0 spiro atoms. The average molecular weight is 226 g/mol. The Bertz CT molecular complexity index is 467. The molecule has 0 fully saturated rings. The third-order valence-electron chi connectivity index (χ3n) is 2.15. The van der Waals surface area contributed by atoms with Crippen LogP contribution in [0.5, 0.6) is 0 Å². The van der Waals surface area contributed by atoms with E-state index in [1.807, 2.05) is 6.07 Å². The Morgan fingerprint density at radius 1 is 1.47 bits per heavy atom. The van der Waals surface area contributed by atoms with Gasteiger partial charge in [0.15, 0.2) is 0 Å². The summed E-state index contributed by atoms with van der Waals surface area (Å²) in [7, 11) is 1.54. The number of benzene rings is 1. The topological polar surface area (TPSA) is 29.5 Å². The Balaban J connectivity index is 2.38. The van der Waals surface area contributed by atoms with Crippen molar-refractivity contribution in [1.82, 2.24) is 0 Å². The largest absolute Gasteiger partial charge is 0.385 e. The molecule has 15 heavy (non-hydrogen) atoms. The molecule has 1 N–H and O–H groups in total. The Kier molecular flexibility index (Phi) is 3.00. The fraction of sp³-hybridized carbons (Fsp3) is 0.273. The van der Waals surface area contributed by atoms with Gasteiger partial charge in [0.2, 0.25) is 0 Å². The highest BCUT2D eigenvalue weighted by Gasteiger charge is 2.11. The Morgan fingerprint density at radius 3 is 3.00 bits per heavy atom. The molecule has 0 amide bonds. The first kappa shape index (κ1) is 10.5. The van der Waals surface area contributed by atoms with E-state index in [0.717, 1.165) is 15.0 Å². The fourth-order valence-corrected chi connectivity index (χ4v) is 2.49. The monoisotopic (exact) mass is 226 g/mol. The zero-order valence-corrected chi connectivity index (χ0v) is 9.05. The summed E-state index contributed by atoms with van der Waals surface area (Å²) >= 11 is 1.39. The van der Waals surface area contributed by atoms with Crippen molar-refractivity contribution in [3.63, 3.8) is 0 Å². The van der Waals surface area contributed by atoms with Crippen LogP contribution in [-0.2, 0) is 4.74 Å². The molecule has 0 aliphatic heterocycles. The van der Waals surface area contributed by atoms with E-state index >= 15 is 0 Å². The first-order chi connectivity index (χ1) is 7.20. The van der Waals surface area contributed by atoms with Gasteiger partial charge in [-0.2, -0.15) is 0 Å². The van der Waals surface area contributed by atoms with Crippen LogP contribution in [0.15, 0.2) is 24.3 Å². The maximum atomic E-state index is 12.9. The van der Waals surface area contributed by atoms with Gasteiger partial charge in [0, 0.05) is 16.7 Å². The maximum Gasteiger partial charge on any atom is 0.124 e. The van der Waals surface area contributed by atoms with E-state index in [0.29, 0.717) is 0 Å². The lowest BCUT2D eigenvalue weighted by molar-refractivity contribution is 0.0667. The number of aliphatic hydroxyl groups is 1. The summed E-state index contributed by atoms with van der Waals surface area (Å²) in [6, 6.07) is 6.47. The lowest BCUT2D eigenvalue weighted by atomic mass is 10.2. The van der Waals surface area contributed by atoms with E-state index in [4.69, 9.17) is 4.74 Å². The summed E-state index contributed by atoms with van der Waals surface area (Å²) in [5.74, 6) is -0.253. The normalized spacial score (nSPS) is 13.3. The first-order valence-corrected chi connectivity index (χ1v) is 5.38. The van der Waals surface area contributed by atoms with Crippen LogP contribution in [-0.4, -0.2) is 18.8 Å². The van der Waals surface area contributed by atoms with E-state index in [9.17, 15) is 9.50 Å². The summed E-state index contributed by atoms with van der Waals surface area (Å²) < 4.78 is 18.6. The van der Waals surface area contributed by atoms with Gasteiger partial charge in [-0.25, -0.2) is 4.39 Å². The van der Waals surface area contributed by atoms with Crippen LogP contribution in [0.1, 0.15) is 11.0 Å². The molecule has 0 bridgehead atoms. The zero-order chi connectivity index (χ0) is 10.8. The highest BCUT2D eigenvalue weighted by Crippen LogP contribution is 2.30. The van der Waals surface area contributed by atoms with Crippen molar-refractivity contribution < 1.29 is 14.2 Å². The summed E-state index contributed by atoms with van der Waals surface area (Å²) in [6.07, 6.45) is -0.629. The third-order valence-corrected chi connectivity index (χ3v) is 3.35. The molecule has 0 saturated carbocycles. The predicted octanol–water partition coefficient (Wildman–Crippen LogP) is 2.72. The molecule has 0 aliphatic rings. The molecule has 2 aromatic rings. The minimum Gasteiger partial charge on any atom is -0.385 e. The minimum atomic E-state index is -0.629. The molecule has 0 radical (unpaired) electrons. The van der Waals surface area contributed by atoms with Gasteiger partial charge in [-0.05, 0) is 23.6 Å². The molecule has 0 saturated heterocycles. The van der Waals surface area contributed by atoms with Crippen LogP contribution in [0.3, 0.4) is 0 Å². The molecule has 1 unspecified atom stereocenters. The van der Waals surface area contributed by atoms with Crippen molar-refractivity contribution >= 4 is 21.4 Å². The number of ether oxygens (including phenoxy) is 1. The molecule has 0 aliphatic carbocycles. The Labute approximate surface area is 90.9 Å². The number of thiophene rings is 1. The maximum absolute atomic E-state index is 12.9. The number of methoxy groups -OCH3 is 1. The highest BCUT2D eigenvalue weighted by molar-refractivity contribution is 7.19. The third kappa shape index (κ3) is 2.17. The predicted molar refractivity (Wildman–Crippen MR) is 58.6 cm³/mol. The number of fused-ring (bicyclic) bond motifs is 1. The van der Waals surface area contributed by atoms with Gasteiger partial charge in [0.25, 0.3) is 0 Å². The van der Waals surface area contributed by atoms with Crippen LogP contribution < -0.4 is 0 Å². The van der Waals surface area contributed by atoms with Gasteiger partial charge >= 0.3 is 0 Å². The van der Waals surface area contributed by atoms with Gasteiger partial charge in [-0.15, -0.1) is 11.3 Å². The molecular formula is C11H11FO2S. The standard InChI is InChI=1S/C11H11FO2S/c1-14-6-9(13)11-4-7-2-3-8(12)5-10(7)15-11/h2-5,9,13H,6H2,1H3. The quantitative estimate of drug-likeness (QED) is 0.872. The first-order valence-electron chi connectivity index (χ1n) is 4.56. The molecular weight excluding hydrogens is 215 g/mol. The summed E-state index contributed by atoms with van der Waals surface area (Å²) in [5.41, 5.74) is 0. The van der Waals surface area contributed by atoms with Gasteiger partial charge in [0.1, 0.15) is 11.9 Å². The van der Waals surface area contributed by atoms with E-state index < -0.39 is 6.10 Å². The van der Waals surface area contributed by atoms with Crippen LogP contribution >= 0.6 is 11.3 Å². The second kappa shape index (κ2) is 4.26. The van der Waals surface area contributed by atoms with E-state index in [1.165, 1.54) is 30.6 Å². The molecule has 1 aromatic heterocycles. The molecule has 4 heteroatoms. The number of hydrogen-bond acceptors (Lipinski definition) is 3. The highest BCUT2D eigenvalue weighted by atomic mass is 32.1. The van der Waals surface area contributed by atoms with Crippen molar-refractivity contribution in [3.05, 3.63) is 35.0 Å². The van der Waals surface area contributed by atoms with Crippen molar-refractivity contribution in [2.45, 2.75) is 6.10 Å². The van der Waals surface area contributed by atoms with E-state index in [1.54, 1.807) is 6.07 Å². The molecule has 1 aromatic carbocycles. The second-order valence-corrected chi connectivity index (χ2v) is 4.42. The van der Waals surface area contributed by atoms with Crippen molar-refractivity contribution in [1.29, 1.82) is 0 Å². The van der Waals surface area contributed by atoms with Gasteiger partial charge in [-0.3, -0.25) is 0 Å². The zero-order valence-electron chi connectivity index (χ0n) is 8.24. The summed E-state index contributed by atoms with van der Waals surface area (Å²) in [4.78, 5) is 0.803. The number of aliphatic hydroxyl groups excluding tert-OH is 1. The molecule has 1 heterocycles. The Morgan fingerprint density at radius 2 is 2.27 bits per heavy atom. The lowest BCUT2D eigenvalue weighted by Crippen LogP contribution is -2.02. The van der Waals surface area contributed by atoms with E-state index in [-0.39, 0.29) is 12.4 Å². The smallest absolute Gasteiger partial charge is 0.124 e. The summed E-state index contributed by atoms with van der Waals surface area (Å²) in [6.45, 7) is 0.259. The van der Waals surface area contributed by atoms with Crippen LogP contribution in [0, 0.1) is 5.82 Å². The summed E-state index contributed by atoms with van der Waals surface area (Å²) in [5, 5.41) is 10.6. The van der Waals surface area contributed by atoms with E-state index in [2.05, 4.69) is 0 Å². The van der Waals surface area contributed by atoms with Crippen LogP contribution in [0.25, 0.3) is 10.1 Å². The second-order valence-electron chi connectivity index (χ2n) is 3.30. The Hall–Kier alpha value is -0.970. The average Bonchev–Trinajstić information content (AvgIpc) is 2.60. The van der Waals surface area contributed by atoms with Gasteiger partial charge in [0.05, 0.1) is 6.61 Å². The number of hydrogen-bond donors (Lipinski definition) is 1. The number of halogens is 1. The van der Waals surface area contributed by atoms with Crippen molar-refractivity contribution in [2.24, 2.45) is 0 Å². The fourth-order valence-electron chi connectivity index (χ4n) is 1.43. The molecule has 2 rings (SSSR count). The van der Waals surface area contributed by atoms with Crippen LogP contribution in [0.2, 0.25) is 0 Å². The SMILES string of the molecule is COCC(O)c1cc2ccc(F)cc2s1. The molecule has 80 valence electrons.